The highest BCUT2D eigenvalue weighted by Crippen LogP contribution is 2.37. The maximum Gasteiger partial charge on any atom is 0.145 e. The van der Waals surface area contributed by atoms with Gasteiger partial charge in [0.15, 0.2) is 0 Å². The van der Waals surface area contributed by atoms with Crippen LogP contribution in [-0.2, 0) is 0 Å². The van der Waals surface area contributed by atoms with Gasteiger partial charge in [0.1, 0.15) is 21.6 Å². The van der Waals surface area contributed by atoms with E-state index in [0.717, 1.165) is 43.6 Å². The van der Waals surface area contributed by atoms with Crippen molar-refractivity contribution in [2.24, 2.45) is 0 Å². The van der Waals surface area contributed by atoms with Crippen molar-refractivity contribution in [3.05, 3.63) is 83.1 Å². The Balaban J connectivity index is 1.90. The van der Waals surface area contributed by atoms with Crippen LogP contribution in [0.25, 0.3) is 39.0 Å². The quantitative estimate of drug-likeness (QED) is 0.336. The lowest BCUT2D eigenvalue weighted by atomic mass is 10.1. The third-order valence-electron chi connectivity index (χ3n) is 4.67. The molecule has 0 atom stereocenters. The van der Waals surface area contributed by atoms with Crippen LogP contribution in [-0.4, -0.2) is 9.55 Å². The molecule has 0 aliphatic carbocycles. The number of aryl methyl sites for hydroxylation is 1. The van der Waals surface area contributed by atoms with Crippen LogP contribution in [0.15, 0.2) is 81.9 Å². The lowest BCUT2D eigenvalue weighted by Crippen LogP contribution is -1.99. The predicted octanol–water partition coefficient (Wildman–Crippen LogP) is 6.51. The molecule has 3 aromatic carbocycles. The predicted molar refractivity (Wildman–Crippen MR) is 109 cm³/mol. The van der Waals surface area contributed by atoms with E-state index in [1.54, 1.807) is 0 Å². The highest BCUT2D eigenvalue weighted by atomic mass is 79.9. The van der Waals surface area contributed by atoms with E-state index in [1.165, 1.54) is 5.56 Å². The highest BCUT2D eigenvalue weighted by Gasteiger charge is 2.18. The van der Waals surface area contributed by atoms with E-state index < -0.39 is 0 Å². The Labute approximate surface area is 159 Å². The van der Waals surface area contributed by atoms with Crippen LogP contribution < -0.4 is 0 Å². The van der Waals surface area contributed by atoms with Crippen LogP contribution in [0, 0.1) is 6.92 Å². The average molecular weight is 403 g/mol. The molecule has 126 valence electrons. The first-order chi connectivity index (χ1) is 12.7. The fourth-order valence-electron chi connectivity index (χ4n) is 3.53. The number of benzene rings is 3. The molecular formula is C22H15BrN2O. The van der Waals surface area contributed by atoms with Crippen LogP contribution in [0.3, 0.4) is 0 Å². The third kappa shape index (κ3) is 2.30. The molecule has 0 fully saturated rings. The van der Waals surface area contributed by atoms with Gasteiger partial charge < -0.3 is 4.42 Å². The Bertz CT molecular complexity index is 1250. The van der Waals surface area contributed by atoms with Crippen LogP contribution in [0.2, 0.25) is 0 Å². The van der Waals surface area contributed by atoms with Gasteiger partial charge in [0.25, 0.3) is 0 Å². The van der Waals surface area contributed by atoms with Crippen LogP contribution in [0.5, 0.6) is 0 Å². The zero-order chi connectivity index (χ0) is 17.7. The number of hydrogen-bond donors (Lipinski definition) is 0. The topological polar surface area (TPSA) is 31.0 Å². The SMILES string of the molecule is Cc1ccc2oc3ccccc3c2c1-n1cc(Br)nc1-c1ccccc1. The van der Waals surface area contributed by atoms with E-state index in [-0.39, 0.29) is 0 Å². The van der Waals surface area contributed by atoms with Crippen LogP contribution in [0.1, 0.15) is 5.56 Å². The number of fused-ring (bicyclic) bond motifs is 3. The van der Waals surface area contributed by atoms with Gasteiger partial charge in [0.05, 0.1) is 11.1 Å². The zero-order valence-electron chi connectivity index (χ0n) is 14.1. The molecule has 0 unspecified atom stereocenters. The molecule has 5 aromatic rings. The average Bonchev–Trinajstić information content (AvgIpc) is 3.23. The molecule has 0 spiro atoms. The van der Waals surface area contributed by atoms with Crippen molar-refractivity contribution in [3.63, 3.8) is 0 Å². The van der Waals surface area contributed by atoms with Gasteiger partial charge in [-0.2, -0.15) is 0 Å². The number of rotatable bonds is 2. The Hall–Kier alpha value is -2.85. The Morgan fingerprint density at radius 1 is 0.885 bits per heavy atom. The lowest BCUT2D eigenvalue weighted by molar-refractivity contribution is 0.668. The van der Waals surface area contributed by atoms with Gasteiger partial charge >= 0.3 is 0 Å². The second kappa shape index (κ2) is 5.85. The van der Waals surface area contributed by atoms with Crippen molar-refractivity contribution in [3.8, 4) is 17.1 Å². The number of para-hydroxylation sites is 1. The third-order valence-corrected chi connectivity index (χ3v) is 5.05. The highest BCUT2D eigenvalue weighted by molar-refractivity contribution is 9.10. The molecule has 0 radical (unpaired) electrons. The maximum absolute atomic E-state index is 6.08. The van der Waals surface area contributed by atoms with Gasteiger partial charge in [-0.15, -0.1) is 0 Å². The van der Waals surface area contributed by atoms with Gasteiger partial charge in [0.2, 0.25) is 0 Å². The first kappa shape index (κ1) is 15.4. The molecule has 5 rings (SSSR count). The second-order valence-electron chi connectivity index (χ2n) is 6.33. The number of imidazole rings is 1. The number of hydrogen-bond acceptors (Lipinski definition) is 2. The number of aromatic nitrogens is 2. The fourth-order valence-corrected chi connectivity index (χ4v) is 3.90. The van der Waals surface area contributed by atoms with Gasteiger partial charge in [0, 0.05) is 17.1 Å². The van der Waals surface area contributed by atoms with E-state index in [9.17, 15) is 0 Å². The van der Waals surface area contributed by atoms with Crippen molar-refractivity contribution < 1.29 is 4.42 Å². The molecule has 2 heterocycles. The molecule has 0 aliphatic heterocycles. The van der Waals surface area contributed by atoms with E-state index in [2.05, 4.69) is 51.7 Å². The molecule has 0 amide bonds. The summed E-state index contributed by atoms with van der Waals surface area (Å²) in [5.74, 6) is 0.901. The summed E-state index contributed by atoms with van der Waals surface area (Å²) < 4.78 is 9.03. The molecule has 26 heavy (non-hydrogen) atoms. The standard InChI is InChI=1S/C22H15BrN2O/c1-14-11-12-18-20(16-9-5-6-10-17(16)26-18)21(14)25-13-19(23)24-22(25)15-7-3-2-4-8-15/h2-13H,1H3. The largest absolute Gasteiger partial charge is 0.456 e. The number of nitrogens with zero attached hydrogens (tertiary/aromatic N) is 2. The van der Waals surface area contributed by atoms with Gasteiger partial charge in [-0.1, -0.05) is 54.6 Å². The van der Waals surface area contributed by atoms with Crippen molar-refractivity contribution >= 4 is 37.9 Å². The van der Waals surface area contributed by atoms with E-state index >= 15 is 0 Å². The molecule has 4 heteroatoms. The minimum absolute atomic E-state index is 0.806. The van der Waals surface area contributed by atoms with Gasteiger partial charge in [-0.3, -0.25) is 4.57 Å². The van der Waals surface area contributed by atoms with E-state index in [0.29, 0.717) is 0 Å². The van der Waals surface area contributed by atoms with Crippen molar-refractivity contribution in [1.82, 2.24) is 9.55 Å². The fraction of sp³-hybridized carbons (Fsp3) is 0.0455. The smallest absolute Gasteiger partial charge is 0.145 e. The summed E-state index contributed by atoms with van der Waals surface area (Å²) in [7, 11) is 0. The molecule has 0 N–H and O–H groups in total. The minimum Gasteiger partial charge on any atom is -0.456 e. The maximum atomic E-state index is 6.08. The molecule has 0 saturated carbocycles. The molecule has 3 nitrogen and oxygen atoms in total. The van der Waals surface area contributed by atoms with Crippen LogP contribution in [0.4, 0.5) is 0 Å². The monoisotopic (exact) mass is 402 g/mol. The van der Waals surface area contributed by atoms with Crippen molar-refractivity contribution in [2.45, 2.75) is 6.92 Å². The summed E-state index contributed by atoms with van der Waals surface area (Å²) >= 11 is 3.55. The first-order valence-electron chi connectivity index (χ1n) is 8.44. The summed E-state index contributed by atoms with van der Waals surface area (Å²) in [4.78, 5) is 4.72. The molecule has 0 aliphatic rings. The molecular weight excluding hydrogens is 388 g/mol. The van der Waals surface area contributed by atoms with Crippen molar-refractivity contribution in [2.75, 3.05) is 0 Å². The second-order valence-corrected chi connectivity index (χ2v) is 7.14. The van der Waals surface area contributed by atoms with Gasteiger partial charge in [-0.25, -0.2) is 4.98 Å². The number of furan rings is 1. The Kier molecular flexibility index (Phi) is 3.47. The normalized spacial score (nSPS) is 11.5. The van der Waals surface area contributed by atoms with Crippen LogP contribution >= 0.6 is 15.9 Å². The summed E-state index contributed by atoms with van der Waals surface area (Å²) in [6, 6.07) is 22.5. The zero-order valence-corrected chi connectivity index (χ0v) is 15.7. The van der Waals surface area contributed by atoms with E-state index in [1.807, 2.05) is 48.7 Å². The number of halogens is 1. The first-order valence-corrected chi connectivity index (χ1v) is 9.23. The van der Waals surface area contributed by atoms with Gasteiger partial charge in [-0.05, 0) is 40.5 Å². The summed E-state index contributed by atoms with van der Waals surface area (Å²) in [5.41, 5.74) is 5.13. The summed E-state index contributed by atoms with van der Waals surface area (Å²) in [6.45, 7) is 2.12. The lowest BCUT2D eigenvalue weighted by Gasteiger charge is -2.12. The summed E-state index contributed by atoms with van der Waals surface area (Å²) in [5, 5.41) is 2.23. The molecule has 0 saturated heterocycles. The Morgan fingerprint density at radius 2 is 1.65 bits per heavy atom. The summed E-state index contributed by atoms with van der Waals surface area (Å²) in [6.07, 6.45) is 2.02. The molecule has 2 aromatic heterocycles. The minimum atomic E-state index is 0.806. The van der Waals surface area contributed by atoms with E-state index in [4.69, 9.17) is 9.40 Å². The molecule has 0 bridgehead atoms. The Morgan fingerprint density at radius 3 is 2.50 bits per heavy atom. The van der Waals surface area contributed by atoms with Crippen molar-refractivity contribution in [1.29, 1.82) is 0 Å².